The Morgan fingerprint density at radius 1 is 1.07 bits per heavy atom. The van der Waals surface area contributed by atoms with Crippen molar-refractivity contribution in [2.24, 2.45) is 0 Å². The molecular formula is C22H17BrO4. The number of allylic oxidation sites excluding steroid dienone is 1. The fourth-order valence-corrected chi connectivity index (χ4v) is 3.23. The molecule has 5 heteroatoms. The number of ether oxygens (including phenoxy) is 2. The van der Waals surface area contributed by atoms with Crippen LogP contribution < -0.4 is 9.47 Å². The molecule has 0 bridgehead atoms. The fraction of sp³-hybridized carbons (Fsp3) is 0.136. The van der Waals surface area contributed by atoms with Crippen molar-refractivity contribution in [2.45, 2.75) is 20.5 Å². The van der Waals surface area contributed by atoms with E-state index in [-0.39, 0.29) is 11.5 Å². The molecule has 2 heterocycles. The first-order chi connectivity index (χ1) is 13.0. The highest BCUT2D eigenvalue weighted by Crippen LogP contribution is 2.37. The van der Waals surface area contributed by atoms with Gasteiger partial charge in [-0.1, -0.05) is 28.1 Å². The number of carbonyl (C=O) groups is 1. The monoisotopic (exact) mass is 424 g/mol. The van der Waals surface area contributed by atoms with Crippen molar-refractivity contribution in [1.82, 2.24) is 0 Å². The van der Waals surface area contributed by atoms with E-state index in [9.17, 15) is 4.79 Å². The molecule has 4 rings (SSSR count). The van der Waals surface area contributed by atoms with Gasteiger partial charge in [0, 0.05) is 16.6 Å². The van der Waals surface area contributed by atoms with Crippen molar-refractivity contribution in [3.05, 3.63) is 87.0 Å². The first-order valence-electron chi connectivity index (χ1n) is 8.52. The predicted octanol–water partition coefficient (Wildman–Crippen LogP) is 5.85. The third kappa shape index (κ3) is 3.69. The van der Waals surface area contributed by atoms with E-state index >= 15 is 0 Å². The first-order valence-corrected chi connectivity index (χ1v) is 9.31. The minimum atomic E-state index is -0.143. The van der Waals surface area contributed by atoms with Crippen LogP contribution in [-0.2, 0) is 6.61 Å². The Morgan fingerprint density at radius 3 is 2.56 bits per heavy atom. The number of furan rings is 1. The molecule has 1 aliphatic heterocycles. The van der Waals surface area contributed by atoms with Crippen LogP contribution in [0.5, 0.6) is 11.5 Å². The molecule has 0 unspecified atom stereocenters. The Morgan fingerprint density at radius 2 is 1.85 bits per heavy atom. The van der Waals surface area contributed by atoms with Crippen molar-refractivity contribution in [3.8, 4) is 11.5 Å². The van der Waals surface area contributed by atoms with Crippen LogP contribution in [0.25, 0.3) is 6.08 Å². The van der Waals surface area contributed by atoms with Crippen LogP contribution in [0, 0.1) is 13.8 Å². The zero-order chi connectivity index (χ0) is 19.0. The van der Waals surface area contributed by atoms with Crippen molar-refractivity contribution in [1.29, 1.82) is 0 Å². The predicted molar refractivity (Wildman–Crippen MR) is 106 cm³/mol. The number of aryl methyl sites for hydroxylation is 2. The van der Waals surface area contributed by atoms with Crippen molar-refractivity contribution < 1.29 is 18.7 Å². The fourth-order valence-electron chi connectivity index (χ4n) is 2.97. The smallest absolute Gasteiger partial charge is 0.232 e. The highest BCUT2D eigenvalue weighted by Gasteiger charge is 2.30. The summed E-state index contributed by atoms with van der Waals surface area (Å²) in [7, 11) is 0. The lowest BCUT2D eigenvalue weighted by Crippen LogP contribution is -2.00. The van der Waals surface area contributed by atoms with Crippen LogP contribution >= 0.6 is 15.9 Å². The standard InChI is InChI=1S/C22H17BrO4/c1-13-9-18(25-12-15-4-6-16(23)7-5-15)11-19-21(13)22(24)20(27-19)10-17-8-3-14(2)26-17/h3-11H,12H2,1-2H3/b20-10-. The zero-order valence-corrected chi connectivity index (χ0v) is 16.5. The van der Waals surface area contributed by atoms with Crippen molar-refractivity contribution in [2.75, 3.05) is 0 Å². The summed E-state index contributed by atoms with van der Waals surface area (Å²) in [5.74, 6) is 2.67. The molecule has 0 fully saturated rings. The van der Waals surface area contributed by atoms with Gasteiger partial charge in [-0.05, 0) is 55.3 Å². The second-order valence-electron chi connectivity index (χ2n) is 6.42. The molecule has 3 aromatic rings. The van der Waals surface area contributed by atoms with Gasteiger partial charge in [0.2, 0.25) is 5.78 Å². The highest BCUT2D eigenvalue weighted by molar-refractivity contribution is 9.10. The quantitative estimate of drug-likeness (QED) is 0.492. The number of benzene rings is 2. The van der Waals surface area contributed by atoms with Gasteiger partial charge < -0.3 is 13.9 Å². The average molecular weight is 425 g/mol. The number of halogens is 1. The van der Waals surface area contributed by atoms with E-state index in [1.54, 1.807) is 12.1 Å². The van der Waals surface area contributed by atoms with Gasteiger partial charge in [0.15, 0.2) is 5.76 Å². The van der Waals surface area contributed by atoms with Crippen LogP contribution in [0.2, 0.25) is 0 Å². The molecule has 0 amide bonds. The minimum Gasteiger partial charge on any atom is -0.489 e. The normalized spacial score (nSPS) is 14.3. The summed E-state index contributed by atoms with van der Waals surface area (Å²) in [4.78, 5) is 12.7. The Kier molecular flexibility index (Phi) is 4.62. The van der Waals surface area contributed by atoms with Crippen LogP contribution in [0.15, 0.2) is 63.2 Å². The molecule has 0 saturated heterocycles. The van der Waals surface area contributed by atoms with Gasteiger partial charge in [-0.25, -0.2) is 0 Å². The molecule has 27 heavy (non-hydrogen) atoms. The molecule has 2 aromatic carbocycles. The zero-order valence-electron chi connectivity index (χ0n) is 14.9. The molecule has 1 aromatic heterocycles. The van der Waals surface area contributed by atoms with Crippen LogP contribution in [0.1, 0.15) is 33.0 Å². The van der Waals surface area contributed by atoms with E-state index < -0.39 is 0 Å². The average Bonchev–Trinajstić information content (AvgIpc) is 3.18. The Labute approximate surface area is 165 Å². The van der Waals surface area contributed by atoms with Gasteiger partial charge in [-0.15, -0.1) is 0 Å². The summed E-state index contributed by atoms with van der Waals surface area (Å²) < 4.78 is 18.2. The lowest BCUT2D eigenvalue weighted by molar-refractivity contribution is 0.101. The molecular weight excluding hydrogens is 408 g/mol. The number of fused-ring (bicyclic) bond motifs is 1. The van der Waals surface area contributed by atoms with E-state index in [1.165, 1.54) is 0 Å². The van der Waals surface area contributed by atoms with Gasteiger partial charge in [0.25, 0.3) is 0 Å². The molecule has 4 nitrogen and oxygen atoms in total. The minimum absolute atomic E-state index is 0.143. The summed E-state index contributed by atoms with van der Waals surface area (Å²) >= 11 is 3.42. The van der Waals surface area contributed by atoms with Gasteiger partial charge in [-0.3, -0.25) is 4.79 Å². The molecule has 0 atom stereocenters. The number of carbonyl (C=O) groups excluding carboxylic acids is 1. The van der Waals surface area contributed by atoms with Crippen LogP contribution in [0.3, 0.4) is 0 Å². The topological polar surface area (TPSA) is 48.7 Å². The third-order valence-electron chi connectivity index (χ3n) is 4.30. The SMILES string of the molecule is Cc1ccc(/C=C2\Oc3cc(OCc4ccc(Br)cc4)cc(C)c3C2=O)o1. The van der Waals surface area contributed by atoms with Crippen molar-refractivity contribution >= 4 is 27.8 Å². The van der Waals surface area contributed by atoms with Crippen molar-refractivity contribution in [3.63, 3.8) is 0 Å². The Bertz CT molecular complexity index is 1040. The number of hydrogen-bond acceptors (Lipinski definition) is 4. The second-order valence-corrected chi connectivity index (χ2v) is 7.33. The molecule has 0 aliphatic carbocycles. The highest BCUT2D eigenvalue weighted by atomic mass is 79.9. The molecule has 0 radical (unpaired) electrons. The largest absolute Gasteiger partial charge is 0.489 e. The van der Waals surface area contributed by atoms with E-state index in [4.69, 9.17) is 13.9 Å². The number of ketones is 1. The number of hydrogen-bond donors (Lipinski definition) is 0. The Hall–Kier alpha value is -2.79. The first kappa shape index (κ1) is 17.6. The Balaban J connectivity index is 1.56. The van der Waals surface area contributed by atoms with E-state index in [1.807, 2.05) is 56.3 Å². The van der Waals surface area contributed by atoms with Gasteiger partial charge in [0.1, 0.15) is 29.6 Å². The summed E-state index contributed by atoms with van der Waals surface area (Å²) in [6.07, 6.45) is 1.62. The van der Waals surface area contributed by atoms with E-state index in [2.05, 4.69) is 15.9 Å². The maximum Gasteiger partial charge on any atom is 0.232 e. The van der Waals surface area contributed by atoms with Crippen LogP contribution in [0.4, 0.5) is 0 Å². The number of rotatable bonds is 4. The molecule has 0 N–H and O–H groups in total. The summed E-state index contributed by atoms with van der Waals surface area (Å²) in [6, 6.07) is 15.2. The lowest BCUT2D eigenvalue weighted by atomic mass is 10.0. The molecule has 0 spiro atoms. The maximum atomic E-state index is 12.7. The van der Waals surface area contributed by atoms with Gasteiger partial charge in [0.05, 0.1) is 5.56 Å². The van der Waals surface area contributed by atoms with Crippen LogP contribution in [-0.4, -0.2) is 5.78 Å². The third-order valence-corrected chi connectivity index (χ3v) is 4.83. The summed E-state index contributed by atoms with van der Waals surface area (Å²) in [5.41, 5.74) is 2.45. The maximum absolute atomic E-state index is 12.7. The molecule has 1 aliphatic rings. The molecule has 136 valence electrons. The van der Waals surface area contributed by atoms with E-state index in [0.29, 0.717) is 29.4 Å². The lowest BCUT2D eigenvalue weighted by Gasteiger charge is -2.09. The summed E-state index contributed by atoms with van der Waals surface area (Å²) in [5, 5.41) is 0. The van der Waals surface area contributed by atoms with E-state index in [0.717, 1.165) is 21.4 Å². The molecule has 0 saturated carbocycles. The van der Waals surface area contributed by atoms with Gasteiger partial charge >= 0.3 is 0 Å². The second kappa shape index (κ2) is 7.08. The number of Topliss-reactive ketones (excluding diaryl/α,β-unsaturated/α-hetero) is 1. The van der Waals surface area contributed by atoms with Gasteiger partial charge in [-0.2, -0.15) is 0 Å². The summed E-state index contributed by atoms with van der Waals surface area (Å²) in [6.45, 7) is 4.17.